The summed E-state index contributed by atoms with van der Waals surface area (Å²) in [7, 11) is 0. The van der Waals surface area contributed by atoms with Gasteiger partial charge in [-0.1, -0.05) is 91.0 Å². The Kier molecular flexibility index (Phi) is 4.88. The van der Waals surface area contributed by atoms with Crippen LogP contribution in [0.3, 0.4) is 0 Å². The summed E-state index contributed by atoms with van der Waals surface area (Å²) < 4.78 is -0.238. The van der Waals surface area contributed by atoms with Crippen LogP contribution in [-0.2, 0) is 11.2 Å². The molecule has 0 saturated heterocycles. The van der Waals surface area contributed by atoms with E-state index in [1.165, 1.54) is 16.7 Å². The summed E-state index contributed by atoms with van der Waals surface area (Å²) in [5.74, 6) is 0.303. The topological polar surface area (TPSA) is 0 Å². The SMILES string of the molecule is CC(S)(c1ccccc1)C(Cc1ccccc1)c1ccccc1. The fraction of sp³-hybridized carbons (Fsp3) is 0.182. The number of thiol groups is 1. The zero-order valence-corrected chi connectivity index (χ0v) is 14.3. The Bertz CT molecular complexity index is 718. The standard InChI is InChI=1S/C22H22S/c1-22(23,20-15-9-4-10-16-20)21(19-13-7-3-8-14-19)17-18-11-5-2-6-12-18/h2-16,21,23H,17H2,1H3. The first-order chi connectivity index (χ1) is 11.2. The Morgan fingerprint density at radius 1 is 0.739 bits per heavy atom. The Balaban J connectivity index is 2.01. The molecule has 3 aromatic rings. The van der Waals surface area contributed by atoms with Crippen molar-refractivity contribution in [1.29, 1.82) is 0 Å². The van der Waals surface area contributed by atoms with Crippen molar-refractivity contribution in [3.8, 4) is 0 Å². The van der Waals surface area contributed by atoms with Gasteiger partial charge in [0.1, 0.15) is 0 Å². The molecule has 3 aromatic carbocycles. The molecule has 0 aliphatic rings. The first kappa shape index (κ1) is 15.9. The second-order valence-corrected chi connectivity index (χ2v) is 7.10. The summed E-state index contributed by atoms with van der Waals surface area (Å²) in [6.45, 7) is 2.23. The van der Waals surface area contributed by atoms with Gasteiger partial charge in [-0.2, -0.15) is 12.6 Å². The minimum Gasteiger partial charge on any atom is -0.167 e. The third kappa shape index (κ3) is 3.68. The molecule has 116 valence electrons. The maximum atomic E-state index is 5.11. The van der Waals surface area contributed by atoms with Crippen molar-refractivity contribution in [2.24, 2.45) is 0 Å². The number of benzene rings is 3. The van der Waals surface area contributed by atoms with Gasteiger partial charge in [0.2, 0.25) is 0 Å². The molecule has 0 radical (unpaired) electrons. The van der Waals surface area contributed by atoms with Gasteiger partial charge in [0, 0.05) is 10.7 Å². The first-order valence-electron chi connectivity index (χ1n) is 8.04. The van der Waals surface area contributed by atoms with E-state index in [9.17, 15) is 0 Å². The van der Waals surface area contributed by atoms with E-state index in [1.54, 1.807) is 0 Å². The van der Waals surface area contributed by atoms with Crippen LogP contribution >= 0.6 is 12.6 Å². The molecule has 0 aromatic heterocycles. The molecule has 3 rings (SSSR count). The maximum Gasteiger partial charge on any atom is 0.0421 e. The highest BCUT2D eigenvalue weighted by Gasteiger charge is 2.33. The largest absolute Gasteiger partial charge is 0.167 e. The van der Waals surface area contributed by atoms with Crippen LogP contribution in [0.2, 0.25) is 0 Å². The van der Waals surface area contributed by atoms with Gasteiger partial charge < -0.3 is 0 Å². The minimum absolute atomic E-state index is 0.238. The van der Waals surface area contributed by atoms with E-state index in [1.807, 2.05) is 0 Å². The highest BCUT2D eigenvalue weighted by molar-refractivity contribution is 7.81. The van der Waals surface area contributed by atoms with Gasteiger partial charge in [-0.3, -0.25) is 0 Å². The van der Waals surface area contributed by atoms with Crippen LogP contribution in [0, 0.1) is 0 Å². The molecule has 2 atom stereocenters. The molecule has 0 nitrogen and oxygen atoms in total. The Hall–Kier alpha value is -1.99. The highest BCUT2D eigenvalue weighted by atomic mass is 32.1. The molecule has 0 heterocycles. The summed E-state index contributed by atoms with van der Waals surface area (Å²) >= 11 is 5.11. The molecule has 2 unspecified atom stereocenters. The lowest BCUT2D eigenvalue weighted by atomic mass is 9.78. The van der Waals surface area contributed by atoms with E-state index in [2.05, 4.69) is 97.9 Å². The minimum atomic E-state index is -0.238. The molecule has 0 amide bonds. The van der Waals surface area contributed by atoms with Gasteiger partial charge in [0.05, 0.1) is 0 Å². The Morgan fingerprint density at radius 3 is 1.78 bits per heavy atom. The fourth-order valence-electron chi connectivity index (χ4n) is 3.15. The van der Waals surface area contributed by atoms with E-state index >= 15 is 0 Å². The lowest BCUT2D eigenvalue weighted by Gasteiger charge is -2.35. The molecule has 0 aliphatic heterocycles. The van der Waals surface area contributed by atoms with Gasteiger partial charge in [0.15, 0.2) is 0 Å². The molecule has 1 heteroatoms. The molecule has 0 N–H and O–H groups in total. The summed E-state index contributed by atoms with van der Waals surface area (Å²) in [5, 5.41) is 0. The van der Waals surface area contributed by atoms with Gasteiger partial charge in [-0.25, -0.2) is 0 Å². The normalized spacial score (nSPS) is 14.9. The second-order valence-electron chi connectivity index (χ2n) is 6.17. The monoisotopic (exact) mass is 318 g/mol. The lowest BCUT2D eigenvalue weighted by Crippen LogP contribution is -2.26. The van der Waals surface area contributed by atoms with Gasteiger partial charge >= 0.3 is 0 Å². The molecule has 23 heavy (non-hydrogen) atoms. The predicted molar refractivity (Wildman–Crippen MR) is 102 cm³/mol. The van der Waals surface area contributed by atoms with Crippen LogP contribution in [0.15, 0.2) is 91.0 Å². The van der Waals surface area contributed by atoms with Crippen LogP contribution in [-0.4, -0.2) is 0 Å². The van der Waals surface area contributed by atoms with E-state index in [4.69, 9.17) is 12.6 Å². The van der Waals surface area contributed by atoms with Gasteiger partial charge in [-0.05, 0) is 30.0 Å². The van der Waals surface area contributed by atoms with Crippen molar-refractivity contribution >= 4 is 12.6 Å². The molecule has 0 aliphatic carbocycles. The summed E-state index contributed by atoms with van der Waals surface area (Å²) in [5.41, 5.74) is 3.93. The van der Waals surface area contributed by atoms with Crippen molar-refractivity contribution in [1.82, 2.24) is 0 Å². The number of hydrogen-bond acceptors (Lipinski definition) is 1. The molecule has 0 saturated carbocycles. The van der Waals surface area contributed by atoms with Crippen LogP contribution < -0.4 is 0 Å². The third-order valence-electron chi connectivity index (χ3n) is 4.52. The Morgan fingerprint density at radius 2 is 1.22 bits per heavy atom. The fourth-order valence-corrected chi connectivity index (χ4v) is 3.54. The first-order valence-corrected chi connectivity index (χ1v) is 8.49. The number of rotatable bonds is 5. The molecular formula is C22H22S. The summed E-state index contributed by atoms with van der Waals surface area (Å²) in [4.78, 5) is 0. The number of hydrogen-bond donors (Lipinski definition) is 1. The molecule has 0 fully saturated rings. The predicted octanol–water partition coefficient (Wildman–Crippen LogP) is 5.86. The van der Waals surface area contributed by atoms with Crippen molar-refractivity contribution in [3.63, 3.8) is 0 Å². The van der Waals surface area contributed by atoms with Gasteiger partial charge in [-0.15, -0.1) is 0 Å². The zero-order chi connectivity index (χ0) is 16.1. The Labute approximate surface area is 144 Å². The van der Waals surface area contributed by atoms with Crippen LogP contribution in [0.5, 0.6) is 0 Å². The van der Waals surface area contributed by atoms with Crippen molar-refractivity contribution in [2.45, 2.75) is 24.0 Å². The van der Waals surface area contributed by atoms with Crippen molar-refractivity contribution in [2.75, 3.05) is 0 Å². The van der Waals surface area contributed by atoms with Crippen LogP contribution in [0.1, 0.15) is 29.5 Å². The van der Waals surface area contributed by atoms with Crippen molar-refractivity contribution < 1.29 is 0 Å². The van der Waals surface area contributed by atoms with Crippen molar-refractivity contribution in [3.05, 3.63) is 108 Å². The van der Waals surface area contributed by atoms with E-state index < -0.39 is 0 Å². The molecule has 0 bridgehead atoms. The van der Waals surface area contributed by atoms with Crippen LogP contribution in [0.4, 0.5) is 0 Å². The average Bonchev–Trinajstić information content (AvgIpc) is 2.62. The summed E-state index contributed by atoms with van der Waals surface area (Å²) in [6, 6.07) is 32.0. The smallest absolute Gasteiger partial charge is 0.0421 e. The second kappa shape index (κ2) is 7.06. The third-order valence-corrected chi connectivity index (χ3v) is 5.09. The molecule has 0 spiro atoms. The summed E-state index contributed by atoms with van der Waals surface area (Å²) in [6.07, 6.45) is 0.972. The molecular weight excluding hydrogens is 296 g/mol. The van der Waals surface area contributed by atoms with E-state index in [0.29, 0.717) is 5.92 Å². The van der Waals surface area contributed by atoms with E-state index in [0.717, 1.165) is 6.42 Å². The zero-order valence-electron chi connectivity index (χ0n) is 13.4. The average molecular weight is 318 g/mol. The maximum absolute atomic E-state index is 5.11. The van der Waals surface area contributed by atoms with Gasteiger partial charge in [0.25, 0.3) is 0 Å². The quantitative estimate of drug-likeness (QED) is 0.560. The lowest BCUT2D eigenvalue weighted by molar-refractivity contribution is 0.528. The van der Waals surface area contributed by atoms with E-state index in [-0.39, 0.29) is 4.75 Å². The highest BCUT2D eigenvalue weighted by Crippen LogP contribution is 2.44. The van der Waals surface area contributed by atoms with Crippen LogP contribution in [0.25, 0.3) is 0 Å².